The van der Waals surface area contributed by atoms with E-state index in [0.717, 1.165) is 0 Å². The SMILES string of the molecule is CN(C)C(=O)c1ccc(NCc2ccccc2F)c(N)c1. The zero-order valence-electron chi connectivity index (χ0n) is 12.1. The number of halogens is 1. The normalized spacial score (nSPS) is 10.2. The summed E-state index contributed by atoms with van der Waals surface area (Å²) >= 11 is 0. The first-order chi connectivity index (χ1) is 9.99. The molecular formula is C16H18FN3O. The number of nitrogens with zero attached hydrogens (tertiary/aromatic N) is 1. The van der Waals surface area contributed by atoms with Crippen LogP contribution < -0.4 is 11.1 Å². The molecular weight excluding hydrogens is 269 g/mol. The Morgan fingerprint density at radius 2 is 1.95 bits per heavy atom. The van der Waals surface area contributed by atoms with E-state index in [4.69, 9.17) is 5.73 Å². The molecule has 0 bridgehead atoms. The monoisotopic (exact) mass is 287 g/mol. The van der Waals surface area contributed by atoms with Crippen molar-refractivity contribution in [2.45, 2.75) is 6.54 Å². The Balaban J connectivity index is 2.12. The lowest BCUT2D eigenvalue weighted by Gasteiger charge is -2.13. The summed E-state index contributed by atoms with van der Waals surface area (Å²) in [5.74, 6) is -0.370. The van der Waals surface area contributed by atoms with Gasteiger partial charge in [-0.1, -0.05) is 18.2 Å². The molecule has 0 saturated heterocycles. The van der Waals surface area contributed by atoms with E-state index < -0.39 is 0 Å². The molecule has 0 unspecified atom stereocenters. The summed E-state index contributed by atoms with van der Waals surface area (Å²) in [7, 11) is 3.37. The van der Waals surface area contributed by atoms with Crippen LogP contribution in [0.25, 0.3) is 0 Å². The van der Waals surface area contributed by atoms with E-state index in [2.05, 4.69) is 5.32 Å². The van der Waals surface area contributed by atoms with Crippen molar-refractivity contribution in [3.05, 3.63) is 59.4 Å². The molecule has 5 heteroatoms. The number of amides is 1. The Hall–Kier alpha value is -2.56. The maximum Gasteiger partial charge on any atom is 0.253 e. The van der Waals surface area contributed by atoms with Crippen molar-refractivity contribution in [3.8, 4) is 0 Å². The highest BCUT2D eigenvalue weighted by atomic mass is 19.1. The summed E-state index contributed by atoms with van der Waals surface area (Å²) in [5.41, 5.74) is 8.15. The molecule has 110 valence electrons. The van der Waals surface area contributed by atoms with Crippen LogP contribution in [0.4, 0.5) is 15.8 Å². The van der Waals surface area contributed by atoms with Crippen molar-refractivity contribution < 1.29 is 9.18 Å². The van der Waals surface area contributed by atoms with Gasteiger partial charge < -0.3 is 16.0 Å². The number of nitrogen functional groups attached to an aromatic ring is 1. The van der Waals surface area contributed by atoms with Crippen molar-refractivity contribution in [1.82, 2.24) is 4.90 Å². The fraction of sp³-hybridized carbons (Fsp3) is 0.188. The number of carbonyl (C=O) groups is 1. The molecule has 0 heterocycles. The van der Waals surface area contributed by atoms with E-state index in [1.165, 1.54) is 11.0 Å². The average Bonchev–Trinajstić information content (AvgIpc) is 2.46. The fourth-order valence-electron chi connectivity index (χ4n) is 1.95. The van der Waals surface area contributed by atoms with Gasteiger partial charge in [-0.05, 0) is 24.3 Å². The Bertz CT molecular complexity index is 656. The van der Waals surface area contributed by atoms with E-state index >= 15 is 0 Å². The minimum Gasteiger partial charge on any atom is -0.397 e. The smallest absolute Gasteiger partial charge is 0.253 e. The quantitative estimate of drug-likeness (QED) is 0.850. The molecule has 0 aromatic heterocycles. The first-order valence-electron chi connectivity index (χ1n) is 6.57. The predicted molar refractivity (Wildman–Crippen MR) is 82.6 cm³/mol. The molecule has 0 spiro atoms. The zero-order chi connectivity index (χ0) is 15.4. The number of carbonyl (C=O) groups excluding carboxylic acids is 1. The Kier molecular flexibility index (Phi) is 4.42. The van der Waals surface area contributed by atoms with Crippen molar-refractivity contribution in [3.63, 3.8) is 0 Å². The van der Waals surface area contributed by atoms with Gasteiger partial charge in [0.1, 0.15) is 5.82 Å². The summed E-state index contributed by atoms with van der Waals surface area (Å²) in [5, 5.41) is 3.08. The summed E-state index contributed by atoms with van der Waals surface area (Å²) in [6.07, 6.45) is 0. The van der Waals surface area contributed by atoms with E-state index in [1.54, 1.807) is 50.5 Å². The number of rotatable bonds is 4. The van der Waals surface area contributed by atoms with Crippen molar-refractivity contribution in [2.75, 3.05) is 25.1 Å². The second kappa shape index (κ2) is 6.26. The first-order valence-corrected chi connectivity index (χ1v) is 6.57. The van der Waals surface area contributed by atoms with Crippen LogP contribution in [0.5, 0.6) is 0 Å². The van der Waals surface area contributed by atoms with Crippen LogP contribution in [0.2, 0.25) is 0 Å². The second-order valence-electron chi connectivity index (χ2n) is 4.95. The molecule has 1 amide bonds. The van der Waals surface area contributed by atoms with Gasteiger partial charge in [0.15, 0.2) is 0 Å². The van der Waals surface area contributed by atoms with Gasteiger partial charge in [0.25, 0.3) is 5.91 Å². The molecule has 0 aliphatic heterocycles. The Morgan fingerprint density at radius 1 is 1.24 bits per heavy atom. The molecule has 0 radical (unpaired) electrons. The summed E-state index contributed by atoms with van der Waals surface area (Å²) in [6.45, 7) is 0.331. The minimum absolute atomic E-state index is 0.109. The molecule has 0 aliphatic carbocycles. The molecule has 21 heavy (non-hydrogen) atoms. The van der Waals surface area contributed by atoms with E-state index in [9.17, 15) is 9.18 Å². The van der Waals surface area contributed by atoms with Gasteiger partial charge >= 0.3 is 0 Å². The van der Waals surface area contributed by atoms with Crippen LogP contribution in [-0.4, -0.2) is 24.9 Å². The maximum absolute atomic E-state index is 13.5. The maximum atomic E-state index is 13.5. The minimum atomic E-state index is -0.261. The molecule has 0 saturated carbocycles. The third-order valence-electron chi connectivity index (χ3n) is 3.13. The number of nitrogens with two attached hydrogens (primary N) is 1. The van der Waals surface area contributed by atoms with E-state index in [0.29, 0.717) is 29.0 Å². The predicted octanol–water partition coefficient (Wildman–Crippen LogP) is 2.72. The van der Waals surface area contributed by atoms with Crippen molar-refractivity contribution in [1.29, 1.82) is 0 Å². The number of nitrogens with one attached hydrogen (secondary N) is 1. The van der Waals surface area contributed by atoms with E-state index in [1.807, 2.05) is 0 Å². The van der Waals surface area contributed by atoms with Gasteiger partial charge in [-0.25, -0.2) is 4.39 Å². The zero-order valence-corrected chi connectivity index (χ0v) is 12.1. The molecule has 3 N–H and O–H groups in total. The lowest BCUT2D eigenvalue weighted by Crippen LogP contribution is -2.21. The van der Waals surface area contributed by atoms with Crippen molar-refractivity contribution >= 4 is 17.3 Å². The highest BCUT2D eigenvalue weighted by Crippen LogP contribution is 2.21. The van der Waals surface area contributed by atoms with Crippen molar-refractivity contribution in [2.24, 2.45) is 0 Å². The van der Waals surface area contributed by atoms with Crippen LogP contribution in [0.3, 0.4) is 0 Å². The highest BCUT2D eigenvalue weighted by Gasteiger charge is 2.10. The van der Waals surface area contributed by atoms with Crippen LogP contribution in [0, 0.1) is 5.82 Å². The Morgan fingerprint density at radius 3 is 2.57 bits per heavy atom. The van der Waals surface area contributed by atoms with Gasteiger partial charge in [0.2, 0.25) is 0 Å². The third kappa shape index (κ3) is 3.51. The third-order valence-corrected chi connectivity index (χ3v) is 3.13. The van der Waals surface area contributed by atoms with E-state index in [-0.39, 0.29) is 11.7 Å². The van der Waals surface area contributed by atoms with Gasteiger partial charge in [0.05, 0.1) is 11.4 Å². The lowest BCUT2D eigenvalue weighted by molar-refractivity contribution is 0.0827. The molecule has 2 aromatic rings. The number of hydrogen-bond donors (Lipinski definition) is 2. The van der Waals surface area contributed by atoms with Gasteiger partial charge in [-0.3, -0.25) is 4.79 Å². The van der Waals surface area contributed by atoms with Crippen LogP contribution >= 0.6 is 0 Å². The number of anilines is 2. The second-order valence-corrected chi connectivity index (χ2v) is 4.95. The first kappa shape index (κ1) is 14.8. The molecule has 0 aliphatic rings. The Labute approximate surface area is 123 Å². The fourth-order valence-corrected chi connectivity index (χ4v) is 1.95. The largest absolute Gasteiger partial charge is 0.397 e. The molecule has 0 atom stereocenters. The van der Waals surface area contributed by atoms with Gasteiger partial charge in [-0.15, -0.1) is 0 Å². The van der Waals surface area contributed by atoms with Gasteiger partial charge in [0, 0.05) is 31.8 Å². The lowest BCUT2D eigenvalue weighted by atomic mass is 10.1. The number of benzene rings is 2. The van der Waals surface area contributed by atoms with Gasteiger partial charge in [-0.2, -0.15) is 0 Å². The average molecular weight is 287 g/mol. The molecule has 2 rings (SSSR count). The molecule has 2 aromatic carbocycles. The molecule has 0 fully saturated rings. The standard InChI is InChI=1S/C16H18FN3O/c1-20(2)16(21)11-7-8-15(14(18)9-11)19-10-12-5-3-4-6-13(12)17/h3-9,19H,10,18H2,1-2H3. The van der Waals surface area contributed by atoms with Crippen LogP contribution in [-0.2, 0) is 6.54 Å². The van der Waals surface area contributed by atoms with Crippen LogP contribution in [0.1, 0.15) is 15.9 Å². The molecule has 4 nitrogen and oxygen atoms in total. The summed E-state index contributed by atoms with van der Waals surface area (Å²) in [4.78, 5) is 13.3. The summed E-state index contributed by atoms with van der Waals surface area (Å²) < 4.78 is 13.5. The van der Waals surface area contributed by atoms with Crippen LogP contribution in [0.15, 0.2) is 42.5 Å². The number of hydrogen-bond acceptors (Lipinski definition) is 3. The summed E-state index contributed by atoms with van der Waals surface area (Å²) in [6, 6.07) is 11.6. The topological polar surface area (TPSA) is 58.4 Å². The highest BCUT2D eigenvalue weighted by molar-refractivity contribution is 5.95.